The van der Waals surface area contributed by atoms with Gasteiger partial charge in [-0.15, -0.1) is 0 Å². The lowest BCUT2D eigenvalue weighted by Crippen LogP contribution is -2.50. The van der Waals surface area contributed by atoms with Gasteiger partial charge in [0.15, 0.2) is 0 Å². The van der Waals surface area contributed by atoms with Gasteiger partial charge in [-0.3, -0.25) is 9.59 Å². The number of carboxylic acids is 1. The summed E-state index contributed by atoms with van der Waals surface area (Å²) in [5, 5.41) is 9.05. The summed E-state index contributed by atoms with van der Waals surface area (Å²) < 4.78 is 31.6. The molecular formula is C15H15F2NO4. The fraction of sp³-hybridized carbons (Fsp3) is 0.467. The van der Waals surface area contributed by atoms with E-state index < -0.39 is 47.6 Å². The maximum absolute atomic E-state index is 13.5. The molecule has 3 N–H and O–H groups in total. The van der Waals surface area contributed by atoms with Crippen molar-refractivity contribution in [2.75, 3.05) is 0 Å². The molecule has 0 amide bonds. The number of halogens is 2. The fourth-order valence-electron chi connectivity index (χ4n) is 3.51. The molecule has 22 heavy (non-hydrogen) atoms. The zero-order chi connectivity index (χ0) is 16.1. The number of benzene rings is 1. The minimum atomic E-state index is -1.35. The second-order valence-corrected chi connectivity index (χ2v) is 5.94. The normalized spacial score (nSPS) is 32.4. The van der Waals surface area contributed by atoms with Gasteiger partial charge in [0.05, 0.1) is 5.92 Å². The molecule has 0 heterocycles. The van der Waals surface area contributed by atoms with Crippen LogP contribution in [0.1, 0.15) is 18.4 Å². The molecule has 0 spiro atoms. The Bertz CT molecular complexity index is 650. The number of carbonyl (C=O) groups is 2. The van der Waals surface area contributed by atoms with E-state index in [9.17, 15) is 18.4 Å². The third-order valence-corrected chi connectivity index (χ3v) is 4.69. The molecule has 0 unspecified atom stereocenters. The van der Waals surface area contributed by atoms with Crippen molar-refractivity contribution in [1.29, 1.82) is 0 Å². The number of nitrogens with two attached hydrogens (primary N) is 1. The van der Waals surface area contributed by atoms with Gasteiger partial charge >= 0.3 is 11.9 Å². The summed E-state index contributed by atoms with van der Waals surface area (Å²) in [5.74, 6) is -4.18. The van der Waals surface area contributed by atoms with Crippen molar-refractivity contribution in [3.05, 3.63) is 35.4 Å². The van der Waals surface area contributed by atoms with Gasteiger partial charge in [-0.1, -0.05) is 0 Å². The van der Waals surface area contributed by atoms with Crippen LogP contribution in [0.4, 0.5) is 8.78 Å². The lowest BCUT2D eigenvalue weighted by atomic mass is 9.91. The van der Waals surface area contributed by atoms with Crippen molar-refractivity contribution in [1.82, 2.24) is 0 Å². The Kier molecular flexibility index (Phi) is 3.40. The Labute approximate surface area is 125 Å². The molecule has 2 fully saturated rings. The van der Waals surface area contributed by atoms with Crippen molar-refractivity contribution in [2.45, 2.75) is 25.0 Å². The highest BCUT2D eigenvalue weighted by Gasteiger charge is 2.70. The Hall–Kier alpha value is -2.02. The SMILES string of the molecule is N[C@@]1(C(=O)OCc2cc(F)ccc2F)CC[C@H]2[C@H](C(=O)O)[C@H]21. The molecular weight excluding hydrogens is 296 g/mol. The molecule has 0 aromatic heterocycles. The lowest BCUT2D eigenvalue weighted by Gasteiger charge is -2.24. The first-order valence-electron chi connectivity index (χ1n) is 6.97. The molecule has 0 bridgehead atoms. The zero-order valence-corrected chi connectivity index (χ0v) is 11.6. The zero-order valence-electron chi connectivity index (χ0n) is 11.6. The highest BCUT2D eigenvalue weighted by atomic mass is 19.1. The number of aliphatic carboxylic acids is 1. The van der Waals surface area contributed by atoms with Gasteiger partial charge in [-0.2, -0.15) is 0 Å². The Morgan fingerprint density at radius 2 is 2.14 bits per heavy atom. The average Bonchev–Trinajstić information content (AvgIpc) is 3.12. The molecule has 7 heteroatoms. The number of hydrogen-bond acceptors (Lipinski definition) is 4. The van der Waals surface area contributed by atoms with E-state index in [0.717, 1.165) is 18.2 Å². The quantitative estimate of drug-likeness (QED) is 0.821. The fourth-order valence-corrected chi connectivity index (χ4v) is 3.51. The molecule has 1 aromatic carbocycles. The van der Waals surface area contributed by atoms with E-state index in [1.807, 2.05) is 0 Å². The predicted octanol–water partition coefficient (Wildman–Crippen LogP) is 1.45. The number of esters is 1. The van der Waals surface area contributed by atoms with Crippen LogP contribution in [0.15, 0.2) is 18.2 Å². The number of fused-ring (bicyclic) bond motifs is 1. The van der Waals surface area contributed by atoms with Gasteiger partial charge in [-0.05, 0) is 37.0 Å². The first kappa shape index (κ1) is 14.9. The molecule has 2 aliphatic rings. The predicted molar refractivity (Wildman–Crippen MR) is 70.4 cm³/mol. The van der Waals surface area contributed by atoms with E-state index in [-0.39, 0.29) is 11.5 Å². The molecule has 2 saturated carbocycles. The molecule has 0 saturated heterocycles. The van der Waals surface area contributed by atoms with E-state index in [1.54, 1.807) is 0 Å². The summed E-state index contributed by atoms with van der Waals surface area (Å²) in [6, 6.07) is 2.86. The number of hydrogen-bond donors (Lipinski definition) is 2. The highest BCUT2D eigenvalue weighted by Crippen LogP contribution is 2.61. The van der Waals surface area contributed by atoms with Crippen LogP contribution in [-0.4, -0.2) is 22.6 Å². The summed E-state index contributed by atoms with van der Waals surface area (Å²) in [6.45, 7) is -0.434. The van der Waals surface area contributed by atoms with E-state index in [1.165, 1.54) is 0 Å². The average molecular weight is 311 g/mol. The monoisotopic (exact) mass is 311 g/mol. The minimum Gasteiger partial charge on any atom is -0.481 e. The molecule has 0 radical (unpaired) electrons. The minimum absolute atomic E-state index is 0.0860. The third kappa shape index (κ3) is 2.25. The molecule has 118 valence electrons. The Morgan fingerprint density at radius 3 is 2.77 bits per heavy atom. The van der Waals surface area contributed by atoms with E-state index in [4.69, 9.17) is 15.6 Å². The van der Waals surface area contributed by atoms with Crippen LogP contribution in [0, 0.1) is 29.4 Å². The van der Waals surface area contributed by atoms with Crippen LogP contribution in [-0.2, 0) is 20.9 Å². The van der Waals surface area contributed by atoms with Gasteiger partial charge in [-0.25, -0.2) is 8.78 Å². The van der Waals surface area contributed by atoms with Crippen LogP contribution in [0.3, 0.4) is 0 Å². The summed E-state index contributed by atoms with van der Waals surface area (Å²) in [6.07, 6.45) is 0.901. The molecule has 3 rings (SSSR count). The number of carbonyl (C=O) groups excluding carboxylic acids is 1. The summed E-state index contributed by atoms with van der Waals surface area (Å²) in [4.78, 5) is 23.2. The van der Waals surface area contributed by atoms with Crippen LogP contribution in [0.25, 0.3) is 0 Å². The summed E-state index contributed by atoms with van der Waals surface area (Å²) >= 11 is 0. The van der Waals surface area contributed by atoms with Crippen LogP contribution in [0.2, 0.25) is 0 Å². The number of rotatable bonds is 4. The van der Waals surface area contributed by atoms with Crippen molar-refractivity contribution >= 4 is 11.9 Å². The van der Waals surface area contributed by atoms with Crippen LogP contribution in [0.5, 0.6) is 0 Å². The van der Waals surface area contributed by atoms with Crippen LogP contribution < -0.4 is 5.73 Å². The lowest BCUT2D eigenvalue weighted by molar-refractivity contribution is -0.153. The van der Waals surface area contributed by atoms with Crippen LogP contribution >= 0.6 is 0 Å². The molecule has 1 aromatic rings. The first-order valence-corrected chi connectivity index (χ1v) is 6.97. The molecule has 2 aliphatic carbocycles. The van der Waals surface area contributed by atoms with Crippen molar-refractivity contribution in [2.24, 2.45) is 23.5 Å². The smallest absolute Gasteiger partial charge is 0.326 e. The largest absolute Gasteiger partial charge is 0.481 e. The summed E-state index contributed by atoms with van der Waals surface area (Å²) in [7, 11) is 0. The maximum Gasteiger partial charge on any atom is 0.326 e. The standard InChI is InChI=1S/C15H15F2NO4/c16-8-1-2-10(17)7(5-8)6-22-14(21)15(18)4-3-9-11(12(9)15)13(19)20/h1-2,5,9,11-12H,3-4,6,18H2,(H,19,20)/t9-,11-,12-,15-/m0/s1. The number of ether oxygens (including phenoxy) is 1. The second-order valence-electron chi connectivity index (χ2n) is 5.94. The highest BCUT2D eigenvalue weighted by molar-refractivity contribution is 5.86. The van der Waals surface area contributed by atoms with Crippen molar-refractivity contribution < 1.29 is 28.2 Å². The van der Waals surface area contributed by atoms with E-state index >= 15 is 0 Å². The summed E-state index contributed by atoms with van der Waals surface area (Å²) in [5.41, 5.74) is 4.61. The van der Waals surface area contributed by atoms with Gasteiger partial charge < -0.3 is 15.6 Å². The van der Waals surface area contributed by atoms with Gasteiger partial charge in [0.1, 0.15) is 23.8 Å². The number of carboxylic acid groups (broad SMARTS) is 1. The van der Waals surface area contributed by atoms with Crippen molar-refractivity contribution in [3.8, 4) is 0 Å². The Morgan fingerprint density at radius 1 is 1.41 bits per heavy atom. The van der Waals surface area contributed by atoms with Gasteiger partial charge in [0.2, 0.25) is 0 Å². The first-order chi connectivity index (χ1) is 10.3. The van der Waals surface area contributed by atoms with Gasteiger partial charge in [0.25, 0.3) is 0 Å². The second kappa shape index (κ2) is 5.01. The molecule has 4 atom stereocenters. The topological polar surface area (TPSA) is 89.6 Å². The van der Waals surface area contributed by atoms with E-state index in [2.05, 4.69) is 0 Å². The maximum atomic E-state index is 13.5. The molecule has 0 aliphatic heterocycles. The van der Waals surface area contributed by atoms with Crippen molar-refractivity contribution in [3.63, 3.8) is 0 Å². The van der Waals surface area contributed by atoms with Gasteiger partial charge in [0, 0.05) is 11.5 Å². The van der Waals surface area contributed by atoms with E-state index in [0.29, 0.717) is 12.8 Å². The Balaban J connectivity index is 1.67. The molecule has 5 nitrogen and oxygen atoms in total. The third-order valence-electron chi connectivity index (χ3n) is 4.69.